The zero-order valence-electron chi connectivity index (χ0n) is 21.3. The summed E-state index contributed by atoms with van der Waals surface area (Å²) in [4.78, 5) is 38.4. The molecule has 0 bridgehead atoms. The molecule has 36 heavy (non-hydrogen) atoms. The first-order chi connectivity index (χ1) is 17.0. The first-order valence-corrected chi connectivity index (χ1v) is 12.4. The van der Waals surface area contributed by atoms with E-state index < -0.39 is 29.7 Å². The van der Waals surface area contributed by atoms with Crippen LogP contribution in [0.4, 0.5) is 9.59 Å². The molecule has 8 nitrogen and oxygen atoms in total. The highest BCUT2D eigenvalue weighted by molar-refractivity contribution is 6.31. The molecule has 2 aromatic carbocycles. The van der Waals surface area contributed by atoms with Crippen LogP contribution in [0, 0.1) is 0 Å². The second kappa shape index (κ2) is 13.8. The molecule has 0 aliphatic carbocycles. The summed E-state index contributed by atoms with van der Waals surface area (Å²) < 4.78 is 10.7. The van der Waals surface area contributed by atoms with E-state index in [1.165, 1.54) is 0 Å². The minimum absolute atomic E-state index is 0.0655. The third-order valence-corrected chi connectivity index (χ3v) is 5.73. The molecular formula is C27H36ClN3O5. The number of nitrogens with one attached hydrogen (secondary N) is 1. The number of benzene rings is 2. The molecule has 0 aromatic heterocycles. The lowest BCUT2D eigenvalue weighted by Gasteiger charge is -2.26. The summed E-state index contributed by atoms with van der Waals surface area (Å²) in [6.07, 6.45) is -0.200. The van der Waals surface area contributed by atoms with E-state index in [4.69, 9.17) is 26.8 Å². The monoisotopic (exact) mass is 517 g/mol. The molecular weight excluding hydrogens is 482 g/mol. The average molecular weight is 518 g/mol. The van der Waals surface area contributed by atoms with Crippen molar-refractivity contribution in [3.63, 3.8) is 0 Å². The zero-order valence-corrected chi connectivity index (χ0v) is 22.1. The first kappa shape index (κ1) is 29.1. The number of unbranched alkanes of at least 4 members (excludes halogenated alkanes) is 1. The molecule has 0 saturated heterocycles. The summed E-state index contributed by atoms with van der Waals surface area (Å²) >= 11 is 6.13. The van der Waals surface area contributed by atoms with Gasteiger partial charge in [0.1, 0.15) is 12.2 Å². The average Bonchev–Trinajstić information content (AvgIpc) is 2.81. The van der Waals surface area contributed by atoms with E-state index in [-0.39, 0.29) is 19.2 Å². The van der Waals surface area contributed by atoms with Crippen LogP contribution >= 0.6 is 11.6 Å². The Morgan fingerprint density at radius 1 is 1.00 bits per heavy atom. The van der Waals surface area contributed by atoms with Gasteiger partial charge in [-0.2, -0.15) is 0 Å². The van der Waals surface area contributed by atoms with Crippen LogP contribution in [-0.4, -0.2) is 41.2 Å². The van der Waals surface area contributed by atoms with Gasteiger partial charge >= 0.3 is 12.2 Å². The number of carbonyl (C=O) groups is 3. The van der Waals surface area contributed by atoms with E-state index >= 15 is 0 Å². The molecule has 2 atom stereocenters. The van der Waals surface area contributed by atoms with Crippen molar-refractivity contribution in [2.75, 3.05) is 6.54 Å². The van der Waals surface area contributed by atoms with Crippen LogP contribution in [0.25, 0.3) is 0 Å². The number of nitrogens with zero attached hydrogens (tertiary/aromatic N) is 1. The number of rotatable bonds is 11. The molecule has 0 unspecified atom stereocenters. The van der Waals surface area contributed by atoms with E-state index in [1.807, 2.05) is 37.3 Å². The fourth-order valence-electron chi connectivity index (χ4n) is 3.47. The van der Waals surface area contributed by atoms with Gasteiger partial charge in [0, 0.05) is 23.2 Å². The fraction of sp³-hybridized carbons (Fsp3) is 0.444. The minimum Gasteiger partial charge on any atom is -0.444 e. The quantitative estimate of drug-likeness (QED) is 0.376. The summed E-state index contributed by atoms with van der Waals surface area (Å²) in [5, 5.41) is 3.72. The molecule has 2 rings (SSSR count). The van der Waals surface area contributed by atoms with Gasteiger partial charge in [-0.3, -0.25) is 10.1 Å². The molecule has 2 aromatic rings. The Bertz CT molecular complexity index is 1010. The number of carbonyl (C=O) groups excluding carboxylic acids is 3. The molecule has 0 aliphatic rings. The smallest absolute Gasteiger partial charge is 0.419 e. The summed E-state index contributed by atoms with van der Waals surface area (Å²) in [6, 6.07) is 16.1. The normalized spacial score (nSPS) is 12.9. The first-order valence-electron chi connectivity index (χ1n) is 12.0. The van der Waals surface area contributed by atoms with Crippen molar-refractivity contribution in [2.24, 2.45) is 5.73 Å². The van der Waals surface area contributed by atoms with Crippen LogP contribution in [0.5, 0.6) is 0 Å². The van der Waals surface area contributed by atoms with E-state index in [2.05, 4.69) is 5.32 Å². The maximum Gasteiger partial charge on any atom is 0.419 e. The van der Waals surface area contributed by atoms with Crippen LogP contribution in [-0.2, 0) is 20.9 Å². The Hall–Kier alpha value is -3.10. The standard InChI is InChI=1S/C27H36ClN3O5/c1-19(20-12-6-5-7-13-20)30-23(24(29)32)16-10-11-17-31(26(34)36-27(2,3)4)25(33)35-18-21-14-8-9-15-22(21)28/h5-9,12-15,19,23,30H,10-11,16-18H2,1-4H3,(H2,29,32)/t19-,23-/m1/s1. The van der Waals surface area contributed by atoms with Crippen LogP contribution in [0.15, 0.2) is 54.6 Å². The summed E-state index contributed by atoms with van der Waals surface area (Å²) in [6.45, 7) is 7.10. The van der Waals surface area contributed by atoms with E-state index in [9.17, 15) is 14.4 Å². The molecule has 9 heteroatoms. The predicted octanol–water partition coefficient (Wildman–Crippen LogP) is 5.59. The van der Waals surface area contributed by atoms with Crippen molar-refractivity contribution in [2.45, 2.75) is 71.2 Å². The van der Waals surface area contributed by atoms with Crippen molar-refractivity contribution < 1.29 is 23.9 Å². The minimum atomic E-state index is -0.827. The number of hydrogen-bond acceptors (Lipinski definition) is 6. The topological polar surface area (TPSA) is 111 Å². The van der Waals surface area contributed by atoms with Crippen molar-refractivity contribution in [3.05, 3.63) is 70.7 Å². The van der Waals surface area contributed by atoms with E-state index in [1.54, 1.807) is 45.0 Å². The van der Waals surface area contributed by atoms with Gasteiger partial charge in [-0.1, -0.05) is 60.1 Å². The molecule has 3 amide bonds. The molecule has 0 radical (unpaired) electrons. The molecule has 0 aliphatic heterocycles. The number of amides is 3. The van der Waals surface area contributed by atoms with Crippen molar-refractivity contribution in [1.29, 1.82) is 0 Å². The molecule has 0 heterocycles. The second-order valence-corrected chi connectivity index (χ2v) is 9.93. The summed E-state index contributed by atoms with van der Waals surface area (Å²) in [5.74, 6) is -0.457. The highest BCUT2D eigenvalue weighted by Gasteiger charge is 2.28. The third kappa shape index (κ3) is 9.87. The number of nitrogens with two attached hydrogens (primary N) is 1. The Balaban J connectivity index is 1.96. The third-order valence-electron chi connectivity index (χ3n) is 5.36. The Kier molecular flexibility index (Phi) is 11.2. The molecule has 3 N–H and O–H groups in total. The van der Waals surface area contributed by atoms with Crippen molar-refractivity contribution >= 4 is 29.7 Å². The van der Waals surface area contributed by atoms with Gasteiger partial charge in [0.2, 0.25) is 5.91 Å². The number of primary amides is 1. The van der Waals surface area contributed by atoms with E-state index in [0.717, 1.165) is 10.5 Å². The van der Waals surface area contributed by atoms with Gasteiger partial charge in [0.15, 0.2) is 0 Å². The summed E-state index contributed by atoms with van der Waals surface area (Å²) in [7, 11) is 0. The Morgan fingerprint density at radius 3 is 2.25 bits per heavy atom. The lowest BCUT2D eigenvalue weighted by Crippen LogP contribution is -2.43. The maximum atomic E-state index is 12.8. The molecule has 196 valence electrons. The van der Waals surface area contributed by atoms with Gasteiger partial charge in [-0.15, -0.1) is 0 Å². The van der Waals surface area contributed by atoms with Gasteiger partial charge in [0.05, 0.1) is 6.04 Å². The van der Waals surface area contributed by atoms with E-state index in [0.29, 0.717) is 29.8 Å². The Morgan fingerprint density at radius 2 is 1.64 bits per heavy atom. The summed E-state index contributed by atoms with van der Waals surface area (Å²) in [5.41, 5.74) is 6.49. The van der Waals surface area contributed by atoms with Gasteiger partial charge in [-0.05, 0) is 58.6 Å². The number of imide groups is 1. The van der Waals surface area contributed by atoms with Crippen LogP contribution in [0.2, 0.25) is 5.02 Å². The molecule has 0 fully saturated rings. The SMILES string of the molecule is C[C@@H](N[C@H](CCCCN(C(=O)OCc1ccccc1Cl)C(=O)OC(C)(C)C)C(N)=O)c1ccccc1. The fourth-order valence-corrected chi connectivity index (χ4v) is 3.66. The number of hydrogen-bond donors (Lipinski definition) is 2. The largest absolute Gasteiger partial charge is 0.444 e. The highest BCUT2D eigenvalue weighted by atomic mass is 35.5. The second-order valence-electron chi connectivity index (χ2n) is 9.53. The van der Waals surface area contributed by atoms with Gasteiger partial charge in [0.25, 0.3) is 0 Å². The highest BCUT2D eigenvalue weighted by Crippen LogP contribution is 2.18. The lowest BCUT2D eigenvalue weighted by atomic mass is 10.0. The van der Waals surface area contributed by atoms with Gasteiger partial charge in [-0.25, -0.2) is 14.5 Å². The van der Waals surface area contributed by atoms with Crippen LogP contribution in [0.3, 0.4) is 0 Å². The zero-order chi connectivity index (χ0) is 26.7. The van der Waals surface area contributed by atoms with Crippen molar-refractivity contribution in [1.82, 2.24) is 10.2 Å². The van der Waals surface area contributed by atoms with Crippen molar-refractivity contribution in [3.8, 4) is 0 Å². The molecule has 0 saturated carbocycles. The van der Waals surface area contributed by atoms with Crippen LogP contribution in [0.1, 0.15) is 64.1 Å². The van der Waals surface area contributed by atoms with Crippen LogP contribution < -0.4 is 11.1 Å². The number of ether oxygens (including phenoxy) is 2. The maximum absolute atomic E-state index is 12.8. The van der Waals surface area contributed by atoms with Gasteiger partial charge < -0.3 is 15.2 Å². The number of halogens is 1. The lowest BCUT2D eigenvalue weighted by molar-refractivity contribution is -0.120. The molecule has 0 spiro atoms. The predicted molar refractivity (Wildman–Crippen MR) is 139 cm³/mol. The Labute approximate surface area is 218 Å².